The molecular formula is C17H28N2O3. The number of hydrogen-bond donors (Lipinski definition) is 2. The second-order valence-electron chi connectivity index (χ2n) is 7.82. The summed E-state index contributed by atoms with van der Waals surface area (Å²) in [6, 6.07) is 0.432. The summed E-state index contributed by atoms with van der Waals surface area (Å²) in [6.45, 7) is 4.26. The molecule has 4 fully saturated rings. The van der Waals surface area contributed by atoms with Gasteiger partial charge in [0.1, 0.15) is 0 Å². The molecule has 2 saturated heterocycles. The van der Waals surface area contributed by atoms with Gasteiger partial charge in [0.25, 0.3) is 0 Å². The minimum atomic E-state index is -0.258. The molecule has 124 valence electrons. The van der Waals surface area contributed by atoms with Crippen LogP contribution in [0.2, 0.25) is 0 Å². The third-order valence-corrected chi connectivity index (χ3v) is 6.82. The summed E-state index contributed by atoms with van der Waals surface area (Å²) in [5, 5.41) is 13.0. The summed E-state index contributed by atoms with van der Waals surface area (Å²) < 4.78 is 5.91. The number of aliphatic hydroxyl groups excluding tert-OH is 1. The topological polar surface area (TPSA) is 61.8 Å². The van der Waals surface area contributed by atoms with Crippen molar-refractivity contribution in [2.75, 3.05) is 19.7 Å². The quantitative estimate of drug-likeness (QED) is 0.817. The monoisotopic (exact) mass is 308 g/mol. The predicted molar refractivity (Wildman–Crippen MR) is 82.4 cm³/mol. The number of urea groups is 1. The van der Waals surface area contributed by atoms with E-state index in [0.717, 1.165) is 39.0 Å². The van der Waals surface area contributed by atoms with E-state index in [0.29, 0.717) is 24.0 Å². The van der Waals surface area contributed by atoms with Gasteiger partial charge >= 0.3 is 6.03 Å². The molecule has 1 spiro atoms. The summed E-state index contributed by atoms with van der Waals surface area (Å²) in [5.74, 6) is 0.887. The number of fused-ring (bicyclic) bond motifs is 2. The van der Waals surface area contributed by atoms with Crippen molar-refractivity contribution in [1.82, 2.24) is 10.2 Å². The Bertz CT molecular complexity index is 441. The third kappa shape index (κ3) is 2.08. The third-order valence-electron chi connectivity index (χ3n) is 6.82. The van der Waals surface area contributed by atoms with Gasteiger partial charge in [0.05, 0.1) is 12.2 Å². The van der Waals surface area contributed by atoms with Gasteiger partial charge in [-0.1, -0.05) is 6.42 Å². The molecule has 0 aromatic carbocycles. The van der Waals surface area contributed by atoms with Crippen molar-refractivity contribution in [2.45, 2.75) is 63.7 Å². The summed E-state index contributed by atoms with van der Waals surface area (Å²) in [6.07, 6.45) is 6.78. The largest absolute Gasteiger partial charge is 0.393 e. The lowest BCUT2D eigenvalue weighted by atomic mass is 9.46. The van der Waals surface area contributed by atoms with Gasteiger partial charge in [-0.3, -0.25) is 0 Å². The zero-order valence-electron chi connectivity index (χ0n) is 13.5. The van der Waals surface area contributed by atoms with E-state index in [1.54, 1.807) is 0 Å². The van der Waals surface area contributed by atoms with Crippen molar-refractivity contribution in [1.29, 1.82) is 0 Å². The van der Waals surface area contributed by atoms with Gasteiger partial charge in [0.2, 0.25) is 0 Å². The van der Waals surface area contributed by atoms with Crippen molar-refractivity contribution >= 4 is 6.03 Å². The number of likely N-dealkylation sites (tertiary alicyclic amines) is 1. The smallest absolute Gasteiger partial charge is 0.317 e. The zero-order chi connectivity index (χ0) is 15.3. The van der Waals surface area contributed by atoms with Crippen molar-refractivity contribution in [3.63, 3.8) is 0 Å². The molecule has 2 saturated carbocycles. The van der Waals surface area contributed by atoms with Gasteiger partial charge in [-0.25, -0.2) is 4.79 Å². The fourth-order valence-electron chi connectivity index (χ4n) is 5.27. The Balaban J connectivity index is 1.35. The van der Waals surface area contributed by atoms with Crippen LogP contribution in [0, 0.1) is 17.3 Å². The number of ether oxygens (including phenoxy) is 1. The Morgan fingerprint density at radius 2 is 2.05 bits per heavy atom. The van der Waals surface area contributed by atoms with Gasteiger partial charge < -0.3 is 20.1 Å². The minimum absolute atomic E-state index is 0.102. The zero-order valence-corrected chi connectivity index (χ0v) is 13.5. The Labute approximate surface area is 132 Å². The summed E-state index contributed by atoms with van der Waals surface area (Å²) in [4.78, 5) is 14.5. The first kappa shape index (κ1) is 14.8. The first-order valence-corrected chi connectivity index (χ1v) is 8.97. The predicted octanol–water partition coefficient (Wildman–Crippen LogP) is 1.75. The molecule has 4 atom stereocenters. The number of aliphatic hydroxyl groups is 1. The van der Waals surface area contributed by atoms with Crippen molar-refractivity contribution in [3.05, 3.63) is 0 Å². The molecule has 4 aliphatic rings. The molecule has 5 heteroatoms. The molecule has 2 aliphatic carbocycles. The first-order chi connectivity index (χ1) is 10.6. The SMILES string of the molecule is CC(O)C1CCN(C(=O)NC2C3CCOC3C23CCC3)CC1. The molecule has 22 heavy (non-hydrogen) atoms. The lowest BCUT2D eigenvalue weighted by molar-refractivity contribution is -0.172. The molecule has 4 rings (SSSR count). The Morgan fingerprint density at radius 3 is 2.64 bits per heavy atom. The van der Waals surface area contributed by atoms with E-state index in [4.69, 9.17) is 4.74 Å². The number of carbonyl (C=O) groups is 1. The van der Waals surface area contributed by atoms with E-state index in [1.807, 2.05) is 11.8 Å². The van der Waals surface area contributed by atoms with Gasteiger partial charge in [-0.15, -0.1) is 0 Å². The highest BCUT2D eigenvalue weighted by Crippen LogP contribution is 2.62. The molecule has 0 radical (unpaired) electrons. The maximum absolute atomic E-state index is 12.6. The second-order valence-corrected chi connectivity index (χ2v) is 7.82. The van der Waals surface area contributed by atoms with Crippen LogP contribution in [-0.2, 0) is 4.74 Å². The van der Waals surface area contributed by atoms with Crippen LogP contribution >= 0.6 is 0 Å². The van der Waals surface area contributed by atoms with Gasteiger partial charge in [0.15, 0.2) is 0 Å². The van der Waals surface area contributed by atoms with E-state index < -0.39 is 0 Å². The molecule has 0 bridgehead atoms. The maximum atomic E-state index is 12.6. The van der Waals surface area contributed by atoms with E-state index in [1.165, 1.54) is 19.3 Å². The fraction of sp³-hybridized carbons (Fsp3) is 0.941. The molecule has 2 N–H and O–H groups in total. The number of carbonyl (C=O) groups excluding carboxylic acids is 1. The van der Waals surface area contributed by atoms with Crippen LogP contribution in [-0.4, -0.2) is 54.0 Å². The van der Waals surface area contributed by atoms with Gasteiger partial charge in [-0.05, 0) is 44.9 Å². The molecule has 4 unspecified atom stereocenters. The number of nitrogens with zero attached hydrogens (tertiary/aromatic N) is 1. The van der Waals surface area contributed by atoms with Crippen molar-refractivity contribution in [3.8, 4) is 0 Å². The highest BCUT2D eigenvalue weighted by atomic mass is 16.5. The Hall–Kier alpha value is -0.810. The summed E-state index contributed by atoms with van der Waals surface area (Å²) in [7, 11) is 0. The maximum Gasteiger partial charge on any atom is 0.317 e. The van der Waals surface area contributed by atoms with Crippen LogP contribution in [0.5, 0.6) is 0 Å². The number of amides is 2. The highest BCUT2D eigenvalue weighted by molar-refractivity contribution is 5.75. The van der Waals surface area contributed by atoms with E-state index in [2.05, 4.69) is 5.32 Å². The molecule has 2 aliphatic heterocycles. The van der Waals surface area contributed by atoms with E-state index in [9.17, 15) is 9.90 Å². The van der Waals surface area contributed by atoms with Gasteiger partial charge in [0, 0.05) is 37.1 Å². The number of hydrogen-bond acceptors (Lipinski definition) is 3. The van der Waals surface area contributed by atoms with E-state index >= 15 is 0 Å². The summed E-state index contributed by atoms with van der Waals surface area (Å²) >= 11 is 0. The number of piperidine rings is 1. The molecule has 2 amide bonds. The number of nitrogens with one attached hydrogen (secondary N) is 1. The second kappa shape index (κ2) is 5.38. The van der Waals surface area contributed by atoms with Crippen LogP contribution in [0.15, 0.2) is 0 Å². The van der Waals surface area contributed by atoms with E-state index in [-0.39, 0.29) is 17.6 Å². The van der Waals surface area contributed by atoms with Crippen LogP contribution in [0.25, 0.3) is 0 Å². The van der Waals surface area contributed by atoms with Gasteiger partial charge in [-0.2, -0.15) is 0 Å². The Kier molecular flexibility index (Phi) is 3.61. The van der Waals surface area contributed by atoms with Crippen LogP contribution in [0.3, 0.4) is 0 Å². The molecule has 5 nitrogen and oxygen atoms in total. The van der Waals surface area contributed by atoms with Crippen molar-refractivity contribution < 1.29 is 14.6 Å². The fourth-order valence-corrected chi connectivity index (χ4v) is 5.27. The number of rotatable bonds is 2. The minimum Gasteiger partial charge on any atom is -0.393 e. The highest BCUT2D eigenvalue weighted by Gasteiger charge is 2.67. The molecule has 0 aromatic heterocycles. The average Bonchev–Trinajstić information content (AvgIpc) is 2.88. The summed E-state index contributed by atoms with van der Waals surface area (Å²) in [5.41, 5.74) is 0.259. The van der Waals surface area contributed by atoms with Crippen LogP contribution in [0.1, 0.15) is 45.4 Å². The van der Waals surface area contributed by atoms with Crippen LogP contribution in [0.4, 0.5) is 4.79 Å². The van der Waals surface area contributed by atoms with Crippen molar-refractivity contribution in [2.24, 2.45) is 17.3 Å². The lowest BCUT2D eigenvalue weighted by Gasteiger charge is -2.63. The molecular weight excluding hydrogens is 280 g/mol. The normalized spacial score (nSPS) is 38.1. The average molecular weight is 308 g/mol. The standard InChI is InChI=1S/C17H28N2O3/c1-11(20)12-3-8-19(9-4-12)16(21)18-14-13-5-10-22-15(13)17(14)6-2-7-17/h11-15,20H,2-10H2,1H3,(H,18,21). The molecule has 0 aromatic rings. The Morgan fingerprint density at radius 1 is 1.32 bits per heavy atom. The lowest BCUT2D eigenvalue weighted by Crippen LogP contribution is -2.72. The van der Waals surface area contributed by atoms with Crippen LogP contribution < -0.4 is 5.32 Å². The first-order valence-electron chi connectivity index (χ1n) is 8.97. The molecule has 2 heterocycles.